The SMILES string of the molecule is Cc1cc(/C=N/Nc2cc(-c3ccncc3)nc(ON(C)O)n2)sc1C. The summed E-state index contributed by atoms with van der Waals surface area (Å²) in [5, 5.41) is 14.0. The van der Waals surface area contributed by atoms with Gasteiger partial charge in [0.15, 0.2) is 5.82 Å². The van der Waals surface area contributed by atoms with Gasteiger partial charge in [-0.1, -0.05) is 0 Å². The zero-order chi connectivity index (χ0) is 18.5. The van der Waals surface area contributed by atoms with Gasteiger partial charge in [-0.2, -0.15) is 15.1 Å². The van der Waals surface area contributed by atoms with Crippen molar-refractivity contribution in [2.45, 2.75) is 13.8 Å². The number of pyridine rings is 1. The van der Waals surface area contributed by atoms with E-state index in [4.69, 9.17) is 4.84 Å². The molecule has 26 heavy (non-hydrogen) atoms. The zero-order valence-corrected chi connectivity index (χ0v) is 15.4. The van der Waals surface area contributed by atoms with Crippen molar-refractivity contribution < 1.29 is 10.0 Å². The summed E-state index contributed by atoms with van der Waals surface area (Å²) in [5.41, 5.74) is 5.56. The van der Waals surface area contributed by atoms with Gasteiger partial charge in [-0.05, 0) is 42.8 Å². The van der Waals surface area contributed by atoms with Crippen molar-refractivity contribution in [3.63, 3.8) is 0 Å². The van der Waals surface area contributed by atoms with Crippen LogP contribution in [0.3, 0.4) is 0 Å². The van der Waals surface area contributed by atoms with Gasteiger partial charge in [0, 0.05) is 33.8 Å². The first kappa shape index (κ1) is 17.9. The number of aryl methyl sites for hydroxylation is 2. The van der Waals surface area contributed by atoms with E-state index in [1.165, 1.54) is 17.5 Å². The van der Waals surface area contributed by atoms with Crippen molar-refractivity contribution in [3.8, 4) is 17.3 Å². The maximum absolute atomic E-state index is 9.28. The fourth-order valence-corrected chi connectivity index (χ4v) is 3.05. The Morgan fingerprint density at radius 3 is 2.65 bits per heavy atom. The third-order valence-corrected chi connectivity index (χ3v) is 4.54. The van der Waals surface area contributed by atoms with Crippen LogP contribution in [0, 0.1) is 13.8 Å². The molecule has 0 saturated heterocycles. The molecule has 9 heteroatoms. The van der Waals surface area contributed by atoms with Gasteiger partial charge in [-0.15, -0.1) is 11.3 Å². The van der Waals surface area contributed by atoms with Gasteiger partial charge in [0.2, 0.25) is 0 Å². The van der Waals surface area contributed by atoms with Gasteiger partial charge in [0.25, 0.3) is 0 Å². The highest BCUT2D eigenvalue weighted by atomic mass is 32.1. The number of hydroxylamine groups is 2. The van der Waals surface area contributed by atoms with E-state index >= 15 is 0 Å². The Kier molecular flexibility index (Phi) is 5.52. The third-order valence-electron chi connectivity index (χ3n) is 3.45. The summed E-state index contributed by atoms with van der Waals surface area (Å²) < 4.78 is 0. The number of nitrogens with one attached hydrogen (secondary N) is 1. The third kappa shape index (κ3) is 4.60. The summed E-state index contributed by atoms with van der Waals surface area (Å²) in [4.78, 5) is 19.8. The van der Waals surface area contributed by atoms with Gasteiger partial charge in [-0.25, -0.2) is 0 Å². The molecule has 2 N–H and O–H groups in total. The minimum atomic E-state index is -0.00942. The lowest BCUT2D eigenvalue weighted by atomic mass is 10.2. The average molecular weight is 370 g/mol. The molecule has 0 aliphatic carbocycles. The molecular weight excluding hydrogens is 352 g/mol. The number of anilines is 1. The van der Waals surface area contributed by atoms with Crippen LogP contribution in [0.4, 0.5) is 5.82 Å². The Bertz CT molecular complexity index is 891. The van der Waals surface area contributed by atoms with Gasteiger partial charge >= 0.3 is 6.01 Å². The van der Waals surface area contributed by atoms with E-state index in [-0.39, 0.29) is 6.01 Å². The molecule has 0 aliphatic heterocycles. The van der Waals surface area contributed by atoms with Crippen LogP contribution >= 0.6 is 11.3 Å². The van der Waals surface area contributed by atoms with Gasteiger partial charge < -0.3 is 4.84 Å². The number of hydrogen-bond acceptors (Lipinski definition) is 9. The molecule has 0 amide bonds. The number of hydrogen-bond donors (Lipinski definition) is 2. The van der Waals surface area contributed by atoms with Crippen LogP contribution in [-0.4, -0.2) is 38.6 Å². The largest absolute Gasteiger partial charge is 0.341 e. The Labute approximate surface area is 154 Å². The van der Waals surface area contributed by atoms with Crippen molar-refractivity contribution in [3.05, 3.63) is 52.0 Å². The maximum atomic E-state index is 9.28. The normalized spacial score (nSPS) is 11.3. The first-order valence-corrected chi connectivity index (χ1v) is 8.59. The van der Waals surface area contributed by atoms with Gasteiger partial charge in [0.1, 0.15) is 0 Å². The fourth-order valence-electron chi connectivity index (χ4n) is 2.14. The Morgan fingerprint density at radius 2 is 2.00 bits per heavy atom. The standard InChI is InChI=1S/C17H18N6O2S/c1-11-8-14(26-12(11)2)10-19-22-16-9-15(13-4-6-18-7-5-13)20-17(21-16)25-23(3)24/h4-10,24H,1-3H3,(H,20,21,22)/b19-10+. The van der Waals surface area contributed by atoms with Crippen molar-refractivity contribution in [2.24, 2.45) is 5.10 Å². The van der Waals surface area contributed by atoms with Crippen molar-refractivity contribution in [1.82, 2.24) is 20.2 Å². The van der Waals surface area contributed by atoms with E-state index in [0.29, 0.717) is 16.7 Å². The quantitative estimate of drug-likeness (QED) is 0.508. The average Bonchev–Trinajstić information content (AvgIpc) is 2.93. The predicted molar refractivity (Wildman–Crippen MR) is 100 cm³/mol. The molecule has 0 bridgehead atoms. The molecule has 0 spiro atoms. The van der Waals surface area contributed by atoms with Crippen molar-refractivity contribution >= 4 is 23.4 Å². The van der Waals surface area contributed by atoms with Crippen LogP contribution in [0.2, 0.25) is 0 Å². The molecule has 0 aromatic carbocycles. The van der Waals surface area contributed by atoms with Gasteiger partial charge in [-0.3, -0.25) is 15.6 Å². The molecule has 0 saturated carbocycles. The molecule has 0 radical (unpaired) electrons. The summed E-state index contributed by atoms with van der Waals surface area (Å²) in [6, 6.07) is 7.44. The lowest BCUT2D eigenvalue weighted by molar-refractivity contribution is -0.266. The highest BCUT2D eigenvalue weighted by Crippen LogP contribution is 2.22. The summed E-state index contributed by atoms with van der Waals surface area (Å²) in [6.07, 6.45) is 5.07. The Hall–Kier alpha value is -2.88. The van der Waals surface area contributed by atoms with E-state index in [1.54, 1.807) is 36.0 Å². The highest BCUT2D eigenvalue weighted by Gasteiger charge is 2.09. The van der Waals surface area contributed by atoms with Gasteiger partial charge in [0.05, 0.1) is 19.0 Å². The number of hydrazone groups is 1. The van der Waals surface area contributed by atoms with E-state index in [1.807, 2.05) is 12.1 Å². The second-order valence-electron chi connectivity index (χ2n) is 5.47. The summed E-state index contributed by atoms with van der Waals surface area (Å²) in [6.45, 7) is 4.14. The Morgan fingerprint density at radius 1 is 1.23 bits per heavy atom. The topological polar surface area (TPSA) is 95.8 Å². The van der Waals surface area contributed by atoms with Crippen LogP contribution in [-0.2, 0) is 0 Å². The first-order chi connectivity index (χ1) is 12.5. The van der Waals surface area contributed by atoms with E-state index < -0.39 is 0 Å². The van der Waals surface area contributed by atoms with E-state index in [2.05, 4.69) is 45.4 Å². The lowest BCUT2D eigenvalue weighted by Gasteiger charge is -2.10. The van der Waals surface area contributed by atoms with Crippen LogP contribution < -0.4 is 10.3 Å². The summed E-state index contributed by atoms with van der Waals surface area (Å²) >= 11 is 1.67. The fraction of sp³-hybridized carbons (Fsp3) is 0.176. The minimum Gasteiger partial charge on any atom is -0.340 e. The maximum Gasteiger partial charge on any atom is 0.341 e. The molecule has 3 rings (SSSR count). The van der Waals surface area contributed by atoms with Crippen LogP contribution in [0.1, 0.15) is 15.3 Å². The van der Waals surface area contributed by atoms with Crippen LogP contribution in [0.15, 0.2) is 41.8 Å². The number of aromatic nitrogens is 3. The first-order valence-electron chi connectivity index (χ1n) is 7.77. The van der Waals surface area contributed by atoms with Crippen molar-refractivity contribution in [1.29, 1.82) is 0 Å². The molecule has 8 nitrogen and oxygen atoms in total. The van der Waals surface area contributed by atoms with Crippen molar-refractivity contribution in [2.75, 3.05) is 12.5 Å². The van der Waals surface area contributed by atoms with E-state index in [0.717, 1.165) is 10.4 Å². The molecule has 0 unspecified atom stereocenters. The summed E-state index contributed by atoms with van der Waals surface area (Å²) in [5.74, 6) is 0.435. The molecule has 0 fully saturated rings. The molecule has 3 aromatic rings. The second-order valence-corrected chi connectivity index (χ2v) is 6.76. The zero-order valence-electron chi connectivity index (χ0n) is 14.5. The molecule has 0 aliphatic rings. The van der Waals surface area contributed by atoms with Crippen LogP contribution in [0.5, 0.6) is 6.01 Å². The van der Waals surface area contributed by atoms with E-state index in [9.17, 15) is 5.21 Å². The highest BCUT2D eigenvalue weighted by molar-refractivity contribution is 7.13. The number of thiophene rings is 1. The lowest BCUT2D eigenvalue weighted by Crippen LogP contribution is -2.19. The van der Waals surface area contributed by atoms with Crippen LogP contribution in [0.25, 0.3) is 11.3 Å². The monoisotopic (exact) mass is 370 g/mol. The number of rotatable bonds is 6. The second kappa shape index (κ2) is 8.00. The molecule has 3 aromatic heterocycles. The smallest absolute Gasteiger partial charge is 0.340 e. The minimum absolute atomic E-state index is 0.00942. The Balaban J connectivity index is 1.85. The number of nitrogens with zero attached hydrogens (tertiary/aromatic N) is 5. The molecular formula is C17H18N6O2S. The summed E-state index contributed by atoms with van der Waals surface area (Å²) in [7, 11) is 1.33. The molecule has 0 atom stereocenters. The molecule has 134 valence electrons. The molecule has 3 heterocycles. The predicted octanol–water partition coefficient (Wildman–Crippen LogP) is 3.28.